The SMILES string of the molecule is BrCCOc1ccccc1.C.O=CO[O-].O=Cc1ccc[nH]1.O=Cc1cccn1CCOc1ccccc1.[2H]CF.[H-].[K+].[K+]. The van der Waals surface area contributed by atoms with Gasteiger partial charge in [-0.3, -0.25) is 18.8 Å². The number of rotatable bonds is 10. The van der Waals surface area contributed by atoms with Gasteiger partial charge in [-0.1, -0.05) is 59.8 Å². The van der Waals surface area contributed by atoms with E-state index in [1.165, 1.54) is 0 Å². The molecule has 13 heteroatoms. The number of H-pyrrole nitrogens is 1. The number of carbonyl (C=O) groups is 3. The predicted molar refractivity (Wildman–Crippen MR) is 156 cm³/mol. The van der Waals surface area contributed by atoms with Gasteiger partial charge in [0.2, 0.25) is 0 Å². The fourth-order valence-corrected chi connectivity index (χ4v) is 2.77. The third-order valence-corrected chi connectivity index (χ3v) is 4.53. The fraction of sp³-hybridized carbons (Fsp3) is 0.207. The molecule has 0 aliphatic heterocycles. The number of halogens is 2. The molecule has 0 aliphatic rings. The molecule has 1 N–H and O–H groups in total. The molecule has 0 aliphatic carbocycles. The van der Waals surface area contributed by atoms with Crippen molar-refractivity contribution < 1.29 is 144 Å². The summed E-state index contributed by atoms with van der Waals surface area (Å²) in [4.78, 5) is 34.5. The van der Waals surface area contributed by atoms with Crippen molar-refractivity contribution in [3.8, 4) is 11.5 Å². The third-order valence-electron chi connectivity index (χ3n) is 4.21. The number of nitrogens with zero attached hydrogens (tertiary/aromatic N) is 1. The Hall–Kier alpha value is -0.947. The summed E-state index contributed by atoms with van der Waals surface area (Å²) < 4.78 is 28.2. The topological polar surface area (TPSA) is 123 Å². The normalized spacial score (nSPS) is 8.40. The van der Waals surface area contributed by atoms with Crippen molar-refractivity contribution in [2.24, 2.45) is 0 Å². The first-order valence-corrected chi connectivity index (χ1v) is 12.4. The van der Waals surface area contributed by atoms with Crippen LogP contribution in [0.3, 0.4) is 0 Å². The second kappa shape index (κ2) is 36.2. The van der Waals surface area contributed by atoms with E-state index in [9.17, 15) is 14.0 Å². The maximum absolute atomic E-state index is 10.7. The van der Waals surface area contributed by atoms with E-state index in [2.05, 4.69) is 25.8 Å². The quantitative estimate of drug-likeness (QED) is 0.0774. The number of benzene rings is 2. The molecule has 0 saturated carbocycles. The molecule has 0 spiro atoms. The summed E-state index contributed by atoms with van der Waals surface area (Å²) in [6.07, 6.45) is 5.21. The summed E-state index contributed by atoms with van der Waals surface area (Å²) >= 11 is 3.28. The zero-order valence-corrected chi connectivity index (χ0v) is 30.9. The molecule has 220 valence electrons. The van der Waals surface area contributed by atoms with Crippen LogP contribution < -0.4 is 118 Å². The van der Waals surface area contributed by atoms with Crippen LogP contribution in [-0.2, 0) is 16.2 Å². The van der Waals surface area contributed by atoms with Crippen LogP contribution in [0.4, 0.5) is 4.39 Å². The summed E-state index contributed by atoms with van der Waals surface area (Å²) in [5.41, 5.74) is 1.30. The Balaban J connectivity index is -0.000000158. The van der Waals surface area contributed by atoms with Gasteiger partial charge >= 0.3 is 103 Å². The van der Waals surface area contributed by atoms with E-state index in [0.717, 1.165) is 36.0 Å². The number of hydrogen-bond acceptors (Lipinski definition) is 7. The Morgan fingerprint density at radius 3 is 1.81 bits per heavy atom. The van der Waals surface area contributed by atoms with Crippen LogP contribution >= 0.6 is 15.9 Å². The van der Waals surface area contributed by atoms with E-state index in [0.29, 0.717) is 24.5 Å². The number of para-hydroxylation sites is 2. The molecule has 4 rings (SSSR count). The van der Waals surface area contributed by atoms with Gasteiger partial charge in [0.15, 0.2) is 12.6 Å². The molecule has 0 unspecified atom stereocenters. The van der Waals surface area contributed by atoms with Gasteiger partial charge in [0.1, 0.15) is 18.1 Å². The molecule has 0 saturated heterocycles. The largest absolute Gasteiger partial charge is 1.00 e. The van der Waals surface area contributed by atoms with Crippen molar-refractivity contribution in [3.05, 3.63) is 109 Å². The first-order valence-electron chi connectivity index (χ1n) is 12.0. The van der Waals surface area contributed by atoms with Crippen molar-refractivity contribution in [2.75, 3.05) is 25.7 Å². The van der Waals surface area contributed by atoms with Gasteiger partial charge in [-0.2, -0.15) is 0 Å². The van der Waals surface area contributed by atoms with Gasteiger partial charge in [-0.15, -0.1) is 0 Å². The van der Waals surface area contributed by atoms with Crippen LogP contribution in [-0.4, -0.2) is 54.3 Å². The Bertz CT molecular complexity index is 1140. The smallest absolute Gasteiger partial charge is 1.00 e. The summed E-state index contributed by atoms with van der Waals surface area (Å²) in [5, 5.41) is 9.31. The maximum atomic E-state index is 10.7. The van der Waals surface area contributed by atoms with Gasteiger partial charge in [0.25, 0.3) is 6.47 Å². The number of aromatic amines is 1. The predicted octanol–water partition coefficient (Wildman–Crippen LogP) is -0.556. The van der Waals surface area contributed by atoms with Crippen molar-refractivity contribution in [1.29, 1.82) is 0 Å². The van der Waals surface area contributed by atoms with Crippen LogP contribution in [0.2, 0.25) is 0 Å². The van der Waals surface area contributed by atoms with E-state index in [-0.39, 0.29) is 118 Å². The number of carbonyl (C=O) groups excluding carboxylic acids is 3. The minimum atomic E-state index is -1.00. The monoisotopic (exact) mass is 701 g/mol. The summed E-state index contributed by atoms with van der Waals surface area (Å²) in [5.74, 6) is 1.78. The van der Waals surface area contributed by atoms with Gasteiger partial charge in [0, 0.05) is 17.7 Å². The van der Waals surface area contributed by atoms with Gasteiger partial charge in [-0.25, -0.2) is 0 Å². The third kappa shape index (κ3) is 25.5. The minimum Gasteiger partial charge on any atom is -1.00 e. The molecule has 2 heterocycles. The van der Waals surface area contributed by atoms with Crippen molar-refractivity contribution in [1.82, 2.24) is 9.55 Å². The maximum Gasteiger partial charge on any atom is 1.00 e. The van der Waals surface area contributed by atoms with Crippen LogP contribution in [0.1, 0.15) is 31.2 Å². The first kappa shape index (κ1) is 45.5. The number of aldehydes is 2. The Morgan fingerprint density at radius 2 is 1.43 bits per heavy atom. The molecule has 2 aromatic carbocycles. The summed E-state index contributed by atoms with van der Waals surface area (Å²) in [6.45, 7) is 1.78. The molecule has 0 radical (unpaired) electrons. The Labute approximate surface area is 343 Å². The number of ether oxygens (including phenoxy) is 2. The van der Waals surface area contributed by atoms with Crippen molar-refractivity contribution in [3.63, 3.8) is 0 Å². The van der Waals surface area contributed by atoms with Gasteiger partial charge < -0.3 is 30.6 Å². The Kier molecular flexibility index (Phi) is 39.2. The number of alkyl halides is 2. The molecular weight excluding hydrogens is 665 g/mol. The molecular formula is C29H36BrFK2N2O7. The molecule has 0 amide bonds. The van der Waals surface area contributed by atoms with Crippen molar-refractivity contribution in [2.45, 2.75) is 14.0 Å². The van der Waals surface area contributed by atoms with E-state index in [1.54, 1.807) is 24.4 Å². The average Bonchev–Trinajstić information content (AvgIpc) is 3.71. The van der Waals surface area contributed by atoms with Crippen LogP contribution in [0.5, 0.6) is 11.5 Å². The number of nitrogens with one attached hydrogen (secondary N) is 1. The van der Waals surface area contributed by atoms with E-state index in [1.807, 2.05) is 77.5 Å². The number of hydrogen-bond donors (Lipinski definition) is 1. The molecule has 0 atom stereocenters. The van der Waals surface area contributed by atoms with E-state index >= 15 is 0 Å². The molecule has 9 nitrogen and oxygen atoms in total. The molecule has 4 aromatic rings. The standard InChI is InChI=1S/C13H13NO2.C8H9BrO.C5H5NO.CH3F.CH2O3.CH4.2K.H/c15-11-12-5-4-8-14(12)9-10-16-13-6-2-1-3-7-13;9-6-7-10-8-4-2-1-3-5-8;7-4-5-2-1-3-6-5;1-2;2-1-4-3;;;;/h1-8,11H,9-10H2;1-5H,6-7H2;1-4,6H;1H3;1,3H;1H4;;;/q;;;;;;2*+1;-1/p-1/i;;;1D;;;;;. The molecule has 0 bridgehead atoms. The summed E-state index contributed by atoms with van der Waals surface area (Å²) in [6, 6.07) is 26.6. The molecule has 0 fully saturated rings. The van der Waals surface area contributed by atoms with Gasteiger partial charge in [0.05, 0.1) is 33.1 Å². The number of aromatic nitrogens is 2. The van der Waals surface area contributed by atoms with Crippen LogP contribution in [0, 0.1) is 0 Å². The average molecular weight is 703 g/mol. The first-order chi connectivity index (χ1) is 19.6. The van der Waals surface area contributed by atoms with Crippen LogP contribution in [0.25, 0.3) is 0 Å². The van der Waals surface area contributed by atoms with E-state index in [4.69, 9.17) is 20.9 Å². The minimum absolute atomic E-state index is 0. The zero-order chi connectivity index (χ0) is 29.7. The van der Waals surface area contributed by atoms with Crippen molar-refractivity contribution >= 4 is 35.0 Å². The Morgan fingerprint density at radius 1 is 0.905 bits per heavy atom. The van der Waals surface area contributed by atoms with E-state index < -0.39 is 7.15 Å². The fourth-order valence-electron chi connectivity index (χ4n) is 2.61. The second-order valence-corrected chi connectivity index (χ2v) is 7.49. The second-order valence-electron chi connectivity index (χ2n) is 6.69. The van der Waals surface area contributed by atoms with Crippen LogP contribution in [0.15, 0.2) is 97.3 Å². The zero-order valence-electron chi connectivity index (χ0n) is 25.1. The molecule has 2 aromatic heterocycles. The summed E-state index contributed by atoms with van der Waals surface area (Å²) in [7, 11) is -1.00. The van der Waals surface area contributed by atoms with Gasteiger partial charge in [-0.05, 0) is 48.5 Å². The molecule has 42 heavy (non-hydrogen) atoms.